The molecule has 18 rings (SSSR count). The van der Waals surface area contributed by atoms with E-state index in [1.54, 1.807) is 60.7 Å². The van der Waals surface area contributed by atoms with Gasteiger partial charge in [0.05, 0.1) is 0 Å². The zero-order valence-corrected chi connectivity index (χ0v) is 79.2. The summed E-state index contributed by atoms with van der Waals surface area (Å²) >= 11 is 14.8. The van der Waals surface area contributed by atoms with E-state index in [0.717, 1.165) is 78.6 Å². The van der Waals surface area contributed by atoms with Crippen molar-refractivity contribution in [2.24, 2.45) is 0 Å². The Kier molecular flexibility index (Phi) is 41.0. The average Bonchev–Trinajstić information content (AvgIpc) is 0.828. The molecule has 0 aromatic heterocycles. The average molecular weight is 1950 g/mol. The standard InChI is InChI=1S/C20H17ClN2O.4C18H15P.C14H13BrN2O.C6H6BClO2.Pd/c21-17-10-8-15(9-11-17)14-4-6-16(7-5-14)20(24)18(13-22)19-3-1-2-12-23-19;4*1-4-10-16(11-5-1)19(17-12-6-2-7-13-17)18-14-8-3-9-15-18;15-11-6-4-10(5-7-11)14(18)12(9-16)13-3-1-2-8-17-13;8-6-3-1-5(2-4-6)7(9)10;/h4-11,23H,1-3,12H2;4*1-15H;4-7,17H,1-3,8H2;1-4,9-10H;/b19-18-;;;;;13-12-;;. The van der Waals surface area contributed by atoms with E-state index < -0.39 is 38.8 Å². The van der Waals surface area contributed by atoms with Crippen LogP contribution in [0.4, 0.5) is 0 Å². The van der Waals surface area contributed by atoms with Crippen molar-refractivity contribution in [1.82, 2.24) is 10.6 Å². The molecular weight excluding hydrogens is 1860 g/mol. The van der Waals surface area contributed by atoms with Crippen molar-refractivity contribution in [1.29, 1.82) is 10.5 Å². The van der Waals surface area contributed by atoms with E-state index in [2.05, 4.69) is 397 Å². The molecule has 2 fully saturated rings. The Labute approximate surface area is 797 Å². The van der Waals surface area contributed by atoms with Crippen molar-refractivity contribution in [3.8, 4) is 23.3 Å². The first kappa shape index (κ1) is 98.0. The summed E-state index contributed by atoms with van der Waals surface area (Å²) in [5.74, 6) is -0.418. The van der Waals surface area contributed by atoms with E-state index in [-0.39, 0.29) is 43.1 Å². The fourth-order valence-electron chi connectivity index (χ4n) is 14.1. The summed E-state index contributed by atoms with van der Waals surface area (Å²) in [6.07, 6.45) is 5.75. The van der Waals surface area contributed by atoms with Crippen LogP contribution in [0.25, 0.3) is 11.1 Å². The van der Waals surface area contributed by atoms with Crippen LogP contribution in [0.1, 0.15) is 59.2 Å². The van der Waals surface area contributed by atoms with E-state index >= 15 is 0 Å². The maximum Gasteiger partial charge on any atom is 0.488 e. The number of nitrogens with zero attached hydrogens (tertiary/aromatic N) is 2. The van der Waals surface area contributed by atoms with Gasteiger partial charge in [0.2, 0.25) is 11.6 Å². The molecule has 8 nitrogen and oxygen atoms in total. The van der Waals surface area contributed by atoms with E-state index in [4.69, 9.17) is 33.2 Å². The van der Waals surface area contributed by atoms with Crippen LogP contribution in [0.3, 0.4) is 0 Å². The molecule has 642 valence electrons. The summed E-state index contributed by atoms with van der Waals surface area (Å²) in [6, 6.07) is 162. The largest absolute Gasteiger partial charge is 0.488 e. The van der Waals surface area contributed by atoms with Gasteiger partial charge in [0, 0.05) is 70.6 Å². The normalized spacial score (nSPS) is 12.4. The Balaban J connectivity index is 0.000000147. The molecule has 2 aliphatic heterocycles. The van der Waals surface area contributed by atoms with Gasteiger partial charge in [-0.25, -0.2) is 0 Å². The summed E-state index contributed by atoms with van der Waals surface area (Å²) in [6.45, 7) is 1.66. The van der Waals surface area contributed by atoms with Crippen LogP contribution >= 0.6 is 70.8 Å². The van der Waals surface area contributed by atoms with E-state index in [1.165, 1.54) is 63.7 Å². The van der Waals surface area contributed by atoms with E-state index in [9.17, 15) is 20.1 Å². The second-order valence-corrected chi connectivity index (χ2v) is 39.9. The number of allylic oxidation sites excluding steroid dienone is 4. The number of carbonyl (C=O) groups excluding carboxylic acids is 2. The Morgan fingerprint density at radius 3 is 0.667 bits per heavy atom. The number of carbonyl (C=O) groups is 2. The monoisotopic (exact) mass is 1950 g/mol. The quantitative estimate of drug-likeness (QED) is 0.0218. The zero-order chi connectivity index (χ0) is 89.1. The van der Waals surface area contributed by atoms with Crippen molar-refractivity contribution >= 4 is 159 Å². The molecule has 0 saturated carbocycles. The Bertz CT molecular complexity index is 5300. The van der Waals surface area contributed by atoms with Gasteiger partial charge in [0.1, 0.15) is 23.3 Å². The fraction of sp³-hybridized carbons (Fsp3) is 0.0714. The minimum Gasteiger partial charge on any atom is -0.423 e. The van der Waals surface area contributed by atoms with Crippen molar-refractivity contribution in [3.05, 3.63) is 509 Å². The first-order chi connectivity index (χ1) is 62.9. The number of nitriles is 2. The Morgan fingerprint density at radius 2 is 0.481 bits per heavy atom. The molecule has 2 saturated heterocycles. The maximum absolute atomic E-state index is 12.6. The summed E-state index contributed by atoms with van der Waals surface area (Å²) < 4.78 is 0.918. The second-order valence-electron chi connectivity index (χ2n) is 29.2. The van der Waals surface area contributed by atoms with Crippen LogP contribution in [0.2, 0.25) is 10.0 Å². The molecule has 0 atom stereocenters. The topological polar surface area (TPSA) is 146 Å². The Hall–Kier alpha value is -11.7. The van der Waals surface area contributed by atoms with Gasteiger partial charge in [-0.05, 0) is 199 Å². The fourth-order valence-corrected chi connectivity index (χ4v) is 23.9. The molecule has 2 aliphatic rings. The SMILES string of the molecule is N#C/C(C(=O)c1ccc(-c2ccc(Cl)cc2)cc1)=C1\CCCCN1.N#C/C(C(=O)c1ccc(Br)cc1)=C1\CCCCN1.OB(O)c1ccc(Cl)cc1.[Pd].c1ccc(P(c2ccccc2)c2ccccc2)cc1.c1ccc(P(c2ccccc2)c2ccccc2)cc1.c1ccc(P(c2ccccc2)c2ccccc2)cc1.c1ccc(P(c2ccccc2)c2ccccc2)cc1. The molecule has 17 heteroatoms. The van der Waals surface area contributed by atoms with Crippen LogP contribution in [-0.2, 0) is 20.4 Å². The number of halogens is 3. The molecule has 129 heavy (non-hydrogen) atoms. The number of piperidine rings is 2. The predicted molar refractivity (Wildman–Crippen MR) is 551 cm³/mol. The van der Waals surface area contributed by atoms with Crippen molar-refractivity contribution in [3.63, 3.8) is 0 Å². The number of Topliss-reactive ketones (excluding diaryl/α,β-unsaturated/α-hetero) is 2. The van der Waals surface area contributed by atoms with Gasteiger partial charge in [-0.1, -0.05) is 452 Å². The summed E-state index contributed by atoms with van der Waals surface area (Å²) in [7, 11) is -3.19. The summed E-state index contributed by atoms with van der Waals surface area (Å²) in [5.41, 5.74) is 5.61. The molecule has 16 aromatic carbocycles. The number of ketones is 2. The molecular formula is C112H96BBrCl2N4O4P4Pd. The smallest absolute Gasteiger partial charge is 0.423 e. The number of rotatable bonds is 18. The second kappa shape index (κ2) is 54.0. The van der Waals surface area contributed by atoms with Gasteiger partial charge < -0.3 is 20.7 Å². The van der Waals surface area contributed by atoms with Crippen molar-refractivity contribution in [2.45, 2.75) is 38.5 Å². The number of hydrogen-bond acceptors (Lipinski definition) is 8. The van der Waals surface area contributed by atoms with Crippen LogP contribution in [0, 0.1) is 22.7 Å². The number of benzene rings is 16. The molecule has 16 aromatic rings. The molecule has 4 N–H and O–H groups in total. The van der Waals surface area contributed by atoms with Crippen LogP contribution in [-0.4, -0.2) is 41.8 Å². The van der Waals surface area contributed by atoms with Gasteiger partial charge in [-0.3, -0.25) is 9.59 Å². The van der Waals surface area contributed by atoms with Crippen molar-refractivity contribution in [2.75, 3.05) is 13.1 Å². The number of hydrogen-bond donors (Lipinski definition) is 4. The molecule has 2 heterocycles. The van der Waals surface area contributed by atoms with E-state index in [1.807, 2.05) is 42.5 Å². The maximum atomic E-state index is 12.6. The summed E-state index contributed by atoms with van der Waals surface area (Å²) in [5, 5.41) is 60.2. The van der Waals surface area contributed by atoms with Crippen molar-refractivity contribution < 1.29 is 40.1 Å². The molecule has 0 amide bonds. The van der Waals surface area contributed by atoms with Crippen LogP contribution in [0.5, 0.6) is 0 Å². The van der Waals surface area contributed by atoms with Gasteiger partial charge in [0.25, 0.3) is 0 Å². The Morgan fingerprint density at radius 1 is 0.287 bits per heavy atom. The predicted octanol–water partition coefficient (Wildman–Crippen LogP) is 21.7. The van der Waals surface area contributed by atoms with E-state index in [0.29, 0.717) is 26.6 Å². The molecule has 0 bridgehead atoms. The third-order valence-corrected chi connectivity index (χ3v) is 31.2. The van der Waals surface area contributed by atoms with Gasteiger partial charge in [0.15, 0.2) is 0 Å². The zero-order valence-electron chi connectivity index (χ0n) is 71.0. The summed E-state index contributed by atoms with van der Waals surface area (Å²) in [4.78, 5) is 24.9. The minimum atomic E-state index is -1.41. The molecule has 0 radical (unpaired) electrons. The molecule has 0 unspecified atom stereocenters. The molecule has 0 aliphatic carbocycles. The van der Waals surface area contributed by atoms with Gasteiger partial charge in [-0.15, -0.1) is 0 Å². The third kappa shape index (κ3) is 30.2. The first-order valence-electron chi connectivity index (χ1n) is 42.3. The number of nitrogens with one attached hydrogen (secondary N) is 2. The molecule has 0 spiro atoms. The van der Waals surface area contributed by atoms with Crippen LogP contribution in [0.15, 0.2) is 488 Å². The minimum absolute atomic E-state index is 0. The van der Waals surface area contributed by atoms with Gasteiger partial charge in [-0.2, -0.15) is 10.5 Å². The van der Waals surface area contributed by atoms with Crippen LogP contribution < -0.4 is 79.8 Å². The third-order valence-electron chi connectivity index (χ3n) is 20.4. The van der Waals surface area contributed by atoms with Gasteiger partial charge >= 0.3 is 7.12 Å². The first-order valence-corrected chi connectivity index (χ1v) is 49.2.